The number of carbonyl (C=O) groups excluding carboxylic acids is 3. The van der Waals surface area contributed by atoms with Crippen LogP contribution in [0, 0.1) is 0 Å². The molecule has 1 heterocycles. The second kappa shape index (κ2) is 7.76. The van der Waals surface area contributed by atoms with Crippen LogP contribution in [0.4, 0.5) is 4.79 Å². The predicted molar refractivity (Wildman–Crippen MR) is 95.5 cm³/mol. The van der Waals surface area contributed by atoms with E-state index in [2.05, 4.69) is 10.6 Å². The first kappa shape index (κ1) is 18.2. The van der Waals surface area contributed by atoms with E-state index in [4.69, 9.17) is 4.74 Å². The summed E-state index contributed by atoms with van der Waals surface area (Å²) < 4.78 is 5.10. The first-order valence-electron chi connectivity index (χ1n) is 9.08. The highest BCUT2D eigenvalue weighted by Gasteiger charge is 2.50. The van der Waals surface area contributed by atoms with Crippen molar-refractivity contribution in [3.05, 3.63) is 29.8 Å². The highest BCUT2D eigenvalue weighted by Crippen LogP contribution is 2.33. The Kier molecular flexibility index (Phi) is 5.44. The van der Waals surface area contributed by atoms with Crippen molar-refractivity contribution in [2.75, 3.05) is 13.7 Å². The summed E-state index contributed by atoms with van der Waals surface area (Å²) in [7, 11) is 1.60. The number of hydrogen-bond acceptors (Lipinski definition) is 4. The van der Waals surface area contributed by atoms with Crippen LogP contribution in [-0.4, -0.2) is 41.9 Å². The number of nitrogens with zero attached hydrogens (tertiary/aromatic N) is 1. The highest BCUT2D eigenvalue weighted by atomic mass is 16.5. The minimum atomic E-state index is -0.727. The molecule has 7 heteroatoms. The molecule has 0 radical (unpaired) electrons. The average molecular weight is 359 g/mol. The lowest BCUT2D eigenvalue weighted by atomic mass is 9.82. The van der Waals surface area contributed by atoms with Gasteiger partial charge in [-0.15, -0.1) is 0 Å². The zero-order chi connectivity index (χ0) is 18.6. The van der Waals surface area contributed by atoms with Crippen LogP contribution in [0.2, 0.25) is 0 Å². The molecule has 1 saturated heterocycles. The van der Waals surface area contributed by atoms with Gasteiger partial charge in [0.25, 0.3) is 5.91 Å². The van der Waals surface area contributed by atoms with Crippen molar-refractivity contribution in [1.29, 1.82) is 0 Å². The number of amides is 4. The van der Waals surface area contributed by atoms with Crippen LogP contribution in [0.15, 0.2) is 24.3 Å². The molecule has 1 aromatic carbocycles. The van der Waals surface area contributed by atoms with Crippen molar-refractivity contribution < 1.29 is 19.1 Å². The fraction of sp³-hybridized carbons (Fsp3) is 0.526. The number of ether oxygens (including phenoxy) is 1. The van der Waals surface area contributed by atoms with Gasteiger partial charge in [-0.05, 0) is 30.5 Å². The third-order valence-electron chi connectivity index (χ3n) is 5.16. The molecule has 0 unspecified atom stereocenters. The number of hydrogen-bond donors (Lipinski definition) is 2. The fourth-order valence-electron chi connectivity index (χ4n) is 3.62. The van der Waals surface area contributed by atoms with E-state index in [1.165, 1.54) is 4.90 Å². The van der Waals surface area contributed by atoms with Crippen LogP contribution in [0.5, 0.6) is 5.75 Å². The van der Waals surface area contributed by atoms with Gasteiger partial charge in [-0.1, -0.05) is 31.4 Å². The van der Waals surface area contributed by atoms with E-state index in [0.717, 1.165) is 30.6 Å². The lowest BCUT2D eigenvalue weighted by Crippen LogP contribution is -2.48. The van der Waals surface area contributed by atoms with Crippen molar-refractivity contribution in [3.63, 3.8) is 0 Å². The van der Waals surface area contributed by atoms with E-state index in [-0.39, 0.29) is 30.8 Å². The molecule has 1 aromatic rings. The number of urea groups is 1. The normalized spacial score (nSPS) is 18.7. The van der Waals surface area contributed by atoms with E-state index in [9.17, 15) is 14.4 Å². The molecular formula is C19H25N3O4. The van der Waals surface area contributed by atoms with Crippen LogP contribution in [0.1, 0.15) is 44.1 Å². The Morgan fingerprint density at radius 1 is 1.19 bits per heavy atom. The topological polar surface area (TPSA) is 87.7 Å². The maximum absolute atomic E-state index is 12.6. The highest BCUT2D eigenvalue weighted by molar-refractivity contribution is 6.07. The molecule has 1 spiro atoms. The molecule has 26 heavy (non-hydrogen) atoms. The van der Waals surface area contributed by atoms with Crippen LogP contribution in [0.3, 0.4) is 0 Å². The SMILES string of the molecule is COc1ccc(CNC(=O)CCN2C(=O)NC3(CCCCC3)C2=O)cc1. The molecule has 0 aromatic heterocycles. The van der Waals surface area contributed by atoms with E-state index >= 15 is 0 Å². The van der Waals surface area contributed by atoms with Gasteiger partial charge in [-0.25, -0.2) is 4.79 Å². The molecule has 7 nitrogen and oxygen atoms in total. The van der Waals surface area contributed by atoms with Gasteiger partial charge >= 0.3 is 6.03 Å². The molecule has 2 fully saturated rings. The Labute approximate surface area is 153 Å². The van der Waals surface area contributed by atoms with Gasteiger partial charge in [-0.2, -0.15) is 0 Å². The average Bonchev–Trinajstić information content (AvgIpc) is 2.88. The number of imide groups is 1. The van der Waals surface area contributed by atoms with Gasteiger partial charge in [0.1, 0.15) is 11.3 Å². The van der Waals surface area contributed by atoms with Gasteiger partial charge in [0.05, 0.1) is 7.11 Å². The Hall–Kier alpha value is -2.57. The largest absolute Gasteiger partial charge is 0.497 e. The van der Waals surface area contributed by atoms with Gasteiger partial charge in [-0.3, -0.25) is 14.5 Å². The summed E-state index contributed by atoms with van der Waals surface area (Å²) in [4.78, 5) is 38.1. The summed E-state index contributed by atoms with van der Waals surface area (Å²) in [6, 6.07) is 7.04. The molecule has 140 valence electrons. The molecule has 0 bridgehead atoms. The van der Waals surface area contributed by atoms with Crippen LogP contribution in [-0.2, 0) is 16.1 Å². The molecule has 1 aliphatic heterocycles. The van der Waals surface area contributed by atoms with Crippen molar-refractivity contribution in [1.82, 2.24) is 15.5 Å². The van der Waals surface area contributed by atoms with Crippen LogP contribution < -0.4 is 15.4 Å². The number of carbonyl (C=O) groups is 3. The first-order valence-corrected chi connectivity index (χ1v) is 9.08. The van der Waals surface area contributed by atoms with Gasteiger partial charge < -0.3 is 15.4 Å². The molecule has 1 saturated carbocycles. The molecule has 3 rings (SSSR count). The van der Waals surface area contributed by atoms with Crippen molar-refractivity contribution in [2.24, 2.45) is 0 Å². The van der Waals surface area contributed by atoms with E-state index in [1.807, 2.05) is 24.3 Å². The summed E-state index contributed by atoms with van der Waals surface area (Å²) in [6.07, 6.45) is 4.48. The van der Waals surface area contributed by atoms with E-state index in [1.54, 1.807) is 7.11 Å². The quantitative estimate of drug-likeness (QED) is 0.760. The van der Waals surface area contributed by atoms with Gasteiger partial charge in [0, 0.05) is 19.5 Å². The maximum atomic E-state index is 12.6. The van der Waals surface area contributed by atoms with E-state index in [0.29, 0.717) is 19.4 Å². The second-order valence-electron chi connectivity index (χ2n) is 6.90. The Morgan fingerprint density at radius 2 is 1.88 bits per heavy atom. The molecule has 4 amide bonds. The Morgan fingerprint density at radius 3 is 2.54 bits per heavy atom. The molecule has 1 aliphatic carbocycles. The zero-order valence-electron chi connectivity index (χ0n) is 15.0. The summed E-state index contributed by atoms with van der Waals surface area (Å²) >= 11 is 0. The lowest BCUT2D eigenvalue weighted by molar-refractivity contribution is -0.132. The monoisotopic (exact) mass is 359 g/mol. The summed E-state index contributed by atoms with van der Waals surface area (Å²) in [5.74, 6) is 0.395. The number of methoxy groups -OCH3 is 1. The summed E-state index contributed by atoms with van der Waals surface area (Å²) in [5.41, 5.74) is 0.227. The third-order valence-corrected chi connectivity index (χ3v) is 5.16. The Balaban J connectivity index is 1.47. The standard InChI is InChI=1S/C19H25N3O4/c1-26-15-7-5-14(6-8-15)13-20-16(23)9-12-22-17(24)19(21-18(22)25)10-3-2-4-11-19/h5-8H,2-4,9-13H2,1H3,(H,20,23)(H,21,25). The number of rotatable bonds is 6. The van der Waals surface area contributed by atoms with Gasteiger partial charge in [0.2, 0.25) is 5.91 Å². The summed E-state index contributed by atoms with van der Waals surface area (Å²) in [5, 5.41) is 5.67. The minimum absolute atomic E-state index is 0.103. The number of nitrogens with one attached hydrogen (secondary N) is 2. The zero-order valence-corrected chi connectivity index (χ0v) is 15.0. The third kappa shape index (κ3) is 3.81. The first-order chi connectivity index (χ1) is 12.5. The molecule has 2 N–H and O–H groups in total. The minimum Gasteiger partial charge on any atom is -0.497 e. The van der Waals surface area contributed by atoms with Crippen molar-refractivity contribution in [3.8, 4) is 5.75 Å². The number of benzene rings is 1. The molecular weight excluding hydrogens is 334 g/mol. The predicted octanol–water partition coefficient (Wildman–Crippen LogP) is 1.96. The summed E-state index contributed by atoms with van der Waals surface area (Å²) in [6.45, 7) is 0.508. The Bertz CT molecular complexity index is 681. The molecule has 0 atom stereocenters. The maximum Gasteiger partial charge on any atom is 0.325 e. The van der Waals surface area contributed by atoms with Crippen LogP contribution in [0.25, 0.3) is 0 Å². The fourth-order valence-corrected chi connectivity index (χ4v) is 3.62. The lowest BCUT2D eigenvalue weighted by Gasteiger charge is -2.30. The van der Waals surface area contributed by atoms with Gasteiger partial charge in [0.15, 0.2) is 0 Å². The van der Waals surface area contributed by atoms with E-state index < -0.39 is 5.54 Å². The smallest absolute Gasteiger partial charge is 0.325 e. The van der Waals surface area contributed by atoms with Crippen molar-refractivity contribution >= 4 is 17.8 Å². The second-order valence-corrected chi connectivity index (χ2v) is 6.90. The molecule has 2 aliphatic rings. The van der Waals surface area contributed by atoms with Crippen molar-refractivity contribution in [2.45, 2.75) is 50.6 Å². The van der Waals surface area contributed by atoms with Crippen LogP contribution >= 0.6 is 0 Å².